The lowest BCUT2D eigenvalue weighted by molar-refractivity contribution is 0.102. The molecule has 1 amide bonds. The van der Waals surface area contributed by atoms with Gasteiger partial charge in [0, 0.05) is 17.4 Å². The molecule has 0 saturated carbocycles. The molecule has 0 aliphatic carbocycles. The van der Waals surface area contributed by atoms with E-state index in [1.807, 2.05) is 0 Å². The maximum atomic E-state index is 11.7. The van der Waals surface area contributed by atoms with E-state index < -0.39 is 0 Å². The zero-order chi connectivity index (χ0) is 11.4. The maximum absolute atomic E-state index is 11.7. The Kier molecular flexibility index (Phi) is 2.98. The predicted octanol–water partition coefficient (Wildman–Crippen LogP) is 1.15. The average Bonchev–Trinajstić information content (AvgIpc) is 2.83. The second-order valence-corrected chi connectivity index (χ2v) is 3.26. The van der Waals surface area contributed by atoms with Gasteiger partial charge in [0.2, 0.25) is 0 Å². The number of H-pyrrole nitrogens is 1. The largest absolute Gasteiger partial charge is 0.392 e. The normalized spacial score (nSPS) is 10.1. The number of anilines is 1. The molecular weight excluding hydrogens is 206 g/mol. The van der Waals surface area contributed by atoms with Gasteiger partial charge in [-0.2, -0.15) is 5.10 Å². The van der Waals surface area contributed by atoms with Crippen molar-refractivity contribution in [3.8, 4) is 0 Å². The number of aliphatic hydroxyl groups is 1. The Labute approximate surface area is 92.1 Å². The number of rotatable bonds is 3. The van der Waals surface area contributed by atoms with Crippen LogP contribution in [0.3, 0.4) is 0 Å². The van der Waals surface area contributed by atoms with E-state index in [4.69, 9.17) is 5.11 Å². The van der Waals surface area contributed by atoms with E-state index in [-0.39, 0.29) is 12.5 Å². The number of aliphatic hydroxyl groups excluding tert-OH is 1. The smallest absolute Gasteiger partial charge is 0.258 e. The molecule has 5 heteroatoms. The highest BCUT2D eigenvalue weighted by molar-refractivity contribution is 6.04. The number of nitrogens with one attached hydrogen (secondary N) is 2. The zero-order valence-electron chi connectivity index (χ0n) is 8.47. The first-order valence-electron chi connectivity index (χ1n) is 4.80. The van der Waals surface area contributed by atoms with E-state index in [1.165, 1.54) is 12.4 Å². The molecule has 1 aromatic carbocycles. The fraction of sp³-hybridized carbons (Fsp3) is 0.0909. The lowest BCUT2D eigenvalue weighted by Crippen LogP contribution is -2.12. The minimum atomic E-state index is -0.255. The minimum absolute atomic E-state index is 0.109. The average molecular weight is 217 g/mol. The summed E-state index contributed by atoms with van der Waals surface area (Å²) < 4.78 is 0. The molecule has 0 atom stereocenters. The fourth-order valence-corrected chi connectivity index (χ4v) is 1.35. The molecule has 0 aliphatic rings. The molecule has 0 fully saturated rings. The van der Waals surface area contributed by atoms with Crippen LogP contribution < -0.4 is 5.32 Å². The number of benzene rings is 1. The number of hydrogen-bond acceptors (Lipinski definition) is 3. The number of para-hydroxylation sites is 1. The Bertz CT molecular complexity index is 480. The van der Waals surface area contributed by atoms with Crippen molar-refractivity contribution in [3.05, 3.63) is 47.8 Å². The number of carbonyl (C=O) groups is 1. The number of aromatic nitrogens is 2. The highest BCUT2D eigenvalue weighted by atomic mass is 16.3. The predicted molar refractivity (Wildman–Crippen MR) is 58.9 cm³/mol. The second-order valence-electron chi connectivity index (χ2n) is 3.26. The van der Waals surface area contributed by atoms with Crippen molar-refractivity contribution in [1.82, 2.24) is 10.2 Å². The van der Waals surface area contributed by atoms with Gasteiger partial charge in [-0.15, -0.1) is 0 Å². The zero-order valence-corrected chi connectivity index (χ0v) is 8.47. The Balaban J connectivity index is 2.18. The van der Waals surface area contributed by atoms with Crippen molar-refractivity contribution >= 4 is 11.6 Å². The first kappa shape index (κ1) is 10.4. The Morgan fingerprint density at radius 3 is 2.94 bits per heavy atom. The summed E-state index contributed by atoms with van der Waals surface area (Å²) in [5, 5.41) is 18.1. The summed E-state index contributed by atoms with van der Waals surface area (Å²) in [6.07, 6.45) is 2.95. The van der Waals surface area contributed by atoms with Crippen LogP contribution in [0.25, 0.3) is 0 Å². The molecule has 2 rings (SSSR count). The number of aromatic amines is 1. The Morgan fingerprint density at radius 1 is 1.44 bits per heavy atom. The second kappa shape index (κ2) is 4.59. The van der Waals surface area contributed by atoms with Gasteiger partial charge in [-0.05, 0) is 6.07 Å². The van der Waals surface area contributed by atoms with Crippen LogP contribution >= 0.6 is 0 Å². The van der Waals surface area contributed by atoms with Crippen molar-refractivity contribution in [3.63, 3.8) is 0 Å². The monoisotopic (exact) mass is 217 g/mol. The van der Waals surface area contributed by atoms with E-state index in [9.17, 15) is 4.79 Å². The quantitative estimate of drug-likeness (QED) is 0.721. The number of hydrogen-bond donors (Lipinski definition) is 3. The molecule has 0 unspecified atom stereocenters. The summed E-state index contributed by atoms with van der Waals surface area (Å²) in [7, 11) is 0. The highest BCUT2D eigenvalue weighted by Crippen LogP contribution is 2.15. The van der Waals surface area contributed by atoms with Crippen molar-refractivity contribution in [2.75, 3.05) is 5.32 Å². The number of amides is 1. The van der Waals surface area contributed by atoms with Crippen LogP contribution in [0.2, 0.25) is 0 Å². The third-order valence-electron chi connectivity index (χ3n) is 2.20. The number of nitrogens with zero attached hydrogens (tertiary/aromatic N) is 1. The van der Waals surface area contributed by atoms with E-state index in [0.29, 0.717) is 16.8 Å². The van der Waals surface area contributed by atoms with Gasteiger partial charge in [0.05, 0.1) is 18.4 Å². The molecule has 82 valence electrons. The molecule has 0 bridgehead atoms. The van der Waals surface area contributed by atoms with Crippen LogP contribution in [0, 0.1) is 0 Å². The van der Waals surface area contributed by atoms with Crippen LogP contribution in [0.15, 0.2) is 36.7 Å². The van der Waals surface area contributed by atoms with Crippen molar-refractivity contribution in [2.45, 2.75) is 6.61 Å². The van der Waals surface area contributed by atoms with Gasteiger partial charge in [-0.1, -0.05) is 18.2 Å². The molecule has 0 saturated heterocycles. The third-order valence-corrected chi connectivity index (χ3v) is 2.20. The van der Waals surface area contributed by atoms with Gasteiger partial charge in [0.25, 0.3) is 5.91 Å². The molecule has 16 heavy (non-hydrogen) atoms. The van der Waals surface area contributed by atoms with Gasteiger partial charge < -0.3 is 10.4 Å². The standard InChI is InChI=1S/C11H11N3O2/c15-7-8-3-1-2-4-10(8)14-11(16)9-5-12-13-6-9/h1-6,15H,7H2,(H,12,13)(H,14,16). The van der Waals surface area contributed by atoms with Gasteiger partial charge in [-0.25, -0.2) is 0 Å². The Hall–Kier alpha value is -2.14. The van der Waals surface area contributed by atoms with E-state index in [1.54, 1.807) is 24.3 Å². The molecule has 0 spiro atoms. The van der Waals surface area contributed by atoms with Crippen LogP contribution in [-0.4, -0.2) is 21.2 Å². The van der Waals surface area contributed by atoms with E-state index in [0.717, 1.165) is 0 Å². The maximum Gasteiger partial charge on any atom is 0.258 e. The molecular formula is C11H11N3O2. The Morgan fingerprint density at radius 2 is 2.25 bits per heavy atom. The van der Waals surface area contributed by atoms with Crippen LogP contribution in [0.4, 0.5) is 5.69 Å². The van der Waals surface area contributed by atoms with Gasteiger partial charge >= 0.3 is 0 Å². The minimum Gasteiger partial charge on any atom is -0.392 e. The molecule has 3 N–H and O–H groups in total. The molecule has 0 aliphatic heterocycles. The van der Waals surface area contributed by atoms with Gasteiger partial charge in [0.15, 0.2) is 0 Å². The molecule has 1 heterocycles. The summed E-state index contributed by atoms with van der Waals surface area (Å²) in [5.41, 5.74) is 1.74. The summed E-state index contributed by atoms with van der Waals surface area (Å²) >= 11 is 0. The lowest BCUT2D eigenvalue weighted by Gasteiger charge is -2.07. The third kappa shape index (κ3) is 2.09. The van der Waals surface area contributed by atoms with Gasteiger partial charge in [0.1, 0.15) is 0 Å². The molecule has 5 nitrogen and oxygen atoms in total. The SMILES string of the molecule is O=C(Nc1ccccc1CO)c1cn[nH]c1. The van der Waals surface area contributed by atoms with Crippen LogP contribution in [-0.2, 0) is 6.61 Å². The molecule has 0 radical (unpaired) electrons. The number of carbonyl (C=O) groups excluding carboxylic acids is 1. The van der Waals surface area contributed by atoms with Crippen molar-refractivity contribution in [2.24, 2.45) is 0 Å². The summed E-state index contributed by atoms with van der Waals surface area (Å²) in [6, 6.07) is 7.09. The summed E-state index contributed by atoms with van der Waals surface area (Å²) in [4.78, 5) is 11.7. The summed E-state index contributed by atoms with van der Waals surface area (Å²) in [5.74, 6) is -0.255. The molecule has 2 aromatic rings. The van der Waals surface area contributed by atoms with Crippen molar-refractivity contribution < 1.29 is 9.90 Å². The topological polar surface area (TPSA) is 78.0 Å². The molecule has 1 aromatic heterocycles. The first-order chi connectivity index (χ1) is 7.81. The fourth-order valence-electron chi connectivity index (χ4n) is 1.35. The summed E-state index contributed by atoms with van der Waals surface area (Å²) in [6.45, 7) is -0.109. The van der Waals surface area contributed by atoms with Crippen molar-refractivity contribution in [1.29, 1.82) is 0 Å². The lowest BCUT2D eigenvalue weighted by atomic mass is 10.2. The van der Waals surface area contributed by atoms with Gasteiger partial charge in [-0.3, -0.25) is 9.89 Å². The van der Waals surface area contributed by atoms with E-state index >= 15 is 0 Å². The first-order valence-corrected chi connectivity index (χ1v) is 4.80. The van der Waals surface area contributed by atoms with Crippen LogP contribution in [0.1, 0.15) is 15.9 Å². The van der Waals surface area contributed by atoms with Crippen LogP contribution in [0.5, 0.6) is 0 Å². The highest BCUT2D eigenvalue weighted by Gasteiger charge is 2.08. The van der Waals surface area contributed by atoms with E-state index in [2.05, 4.69) is 15.5 Å².